The summed E-state index contributed by atoms with van der Waals surface area (Å²) in [6.45, 7) is 6.76. The number of carbonyl (C=O) groups excluding carboxylic acids is 1. The van der Waals surface area contributed by atoms with Crippen molar-refractivity contribution in [2.75, 3.05) is 25.0 Å². The van der Waals surface area contributed by atoms with Gasteiger partial charge in [-0.3, -0.25) is 19.2 Å². The number of aromatic nitrogens is 6. The first-order chi connectivity index (χ1) is 16.1. The number of ether oxygens (including phenoxy) is 1. The average Bonchev–Trinajstić information content (AvgIpc) is 3.55. The average molecular weight is 467 g/mol. The summed E-state index contributed by atoms with van der Waals surface area (Å²) < 4.78 is 11.8. The van der Waals surface area contributed by atoms with Crippen LogP contribution in [0.5, 0.6) is 0 Å². The summed E-state index contributed by atoms with van der Waals surface area (Å²) >= 11 is 1.41. The normalized spacial score (nSPS) is 15.2. The van der Waals surface area contributed by atoms with E-state index < -0.39 is 0 Å². The second-order valence-corrected chi connectivity index (χ2v) is 8.97. The summed E-state index contributed by atoms with van der Waals surface area (Å²) in [7, 11) is 0. The number of aromatic amines is 1. The second kappa shape index (κ2) is 9.28. The van der Waals surface area contributed by atoms with Crippen LogP contribution in [0.25, 0.3) is 16.9 Å². The molecule has 5 rings (SSSR count). The van der Waals surface area contributed by atoms with Crippen LogP contribution in [-0.2, 0) is 16.1 Å². The molecule has 1 saturated heterocycles. The van der Waals surface area contributed by atoms with Crippen LogP contribution in [0.15, 0.2) is 30.9 Å². The number of likely N-dealkylation sites (tertiary alicyclic amines) is 1. The van der Waals surface area contributed by atoms with Gasteiger partial charge in [-0.15, -0.1) is 0 Å². The number of imidazole rings is 1. The van der Waals surface area contributed by atoms with E-state index in [9.17, 15) is 4.79 Å². The third-order valence-electron chi connectivity index (χ3n) is 5.80. The Hall–Kier alpha value is -3.31. The van der Waals surface area contributed by atoms with Crippen LogP contribution in [0.2, 0.25) is 0 Å². The van der Waals surface area contributed by atoms with Crippen molar-refractivity contribution < 1.29 is 9.53 Å². The maximum Gasteiger partial charge on any atom is 0.309 e. The molecule has 1 aliphatic heterocycles. The number of hydrogen-bond donors (Lipinski definition) is 2. The molecule has 0 spiro atoms. The zero-order valence-corrected chi connectivity index (χ0v) is 19.4. The molecule has 33 heavy (non-hydrogen) atoms. The molecule has 0 saturated carbocycles. The lowest BCUT2D eigenvalue weighted by Crippen LogP contribution is -2.36. The fourth-order valence-electron chi connectivity index (χ4n) is 4.18. The van der Waals surface area contributed by atoms with Gasteiger partial charge in [0.1, 0.15) is 5.00 Å². The number of piperidine rings is 1. The molecule has 4 aromatic heterocycles. The summed E-state index contributed by atoms with van der Waals surface area (Å²) in [5.41, 5.74) is 4.53. The van der Waals surface area contributed by atoms with Crippen molar-refractivity contribution in [3.05, 3.63) is 42.2 Å². The molecule has 11 heteroatoms. The Balaban J connectivity index is 1.27. The highest BCUT2D eigenvalue weighted by Gasteiger charge is 2.26. The number of rotatable bonds is 7. The van der Waals surface area contributed by atoms with Crippen LogP contribution in [-0.4, -0.2) is 59.5 Å². The highest BCUT2D eigenvalue weighted by atomic mass is 32.1. The Labute approximate surface area is 195 Å². The molecule has 0 radical (unpaired) electrons. The van der Waals surface area contributed by atoms with E-state index in [1.807, 2.05) is 36.8 Å². The molecular formula is C22H26N8O2S. The summed E-state index contributed by atoms with van der Waals surface area (Å²) in [5, 5.41) is 11.2. The van der Waals surface area contributed by atoms with E-state index in [0.717, 1.165) is 65.8 Å². The van der Waals surface area contributed by atoms with E-state index in [1.165, 1.54) is 11.5 Å². The third kappa shape index (κ3) is 4.60. The molecular weight excluding hydrogens is 440 g/mol. The predicted octanol–water partition coefficient (Wildman–Crippen LogP) is 3.40. The molecule has 172 valence electrons. The van der Waals surface area contributed by atoms with Crippen LogP contribution in [0.1, 0.15) is 31.2 Å². The van der Waals surface area contributed by atoms with Gasteiger partial charge in [0, 0.05) is 24.5 Å². The van der Waals surface area contributed by atoms with Crippen molar-refractivity contribution in [2.24, 2.45) is 5.92 Å². The highest BCUT2D eigenvalue weighted by Crippen LogP contribution is 2.28. The topological polar surface area (TPSA) is 113 Å². The number of anilines is 2. The Morgan fingerprint density at radius 1 is 1.33 bits per heavy atom. The standard InChI is InChI=1S/C22H26N8O2S/c1-3-32-22(31)15-4-6-29(7-5-15)13-17-8-19(33-28-17)27-20-21-23-11-18(16-9-24-25-10-16)30(21)12-14(2)26-20/h8-12,15H,3-7,13H2,1-2H3,(H,24,25)(H,26,27). The number of fused-ring (bicyclic) bond motifs is 1. The number of carbonyl (C=O) groups is 1. The van der Waals surface area contributed by atoms with Gasteiger partial charge in [0.05, 0.1) is 42.0 Å². The Kier molecular flexibility index (Phi) is 6.05. The monoisotopic (exact) mass is 466 g/mol. The molecule has 4 aromatic rings. The van der Waals surface area contributed by atoms with Gasteiger partial charge in [-0.25, -0.2) is 9.97 Å². The lowest BCUT2D eigenvalue weighted by Gasteiger charge is -2.30. The summed E-state index contributed by atoms with van der Waals surface area (Å²) in [6.07, 6.45) is 9.07. The number of hydrogen-bond acceptors (Lipinski definition) is 9. The van der Waals surface area contributed by atoms with E-state index in [-0.39, 0.29) is 11.9 Å². The largest absolute Gasteiger partial charge is 0.466 e. The van der Waals surface area contributed by atoms with Crippen LogP contribution >= 0.6 is 11.5 Å². The molecule has 5 heterocycles. The first-order valence-electron chi connectivity index (χ1n) is 11.1. The summed E-state index contributed by atoms with van der Waals surface area (Å²) in [5.74, 6) is 0.643. The zero-order chi connectivity index (χ0) is 22.8. The quantitative estimate of drug-likeness (QED) is 0.399. The van der Waals surface area contributed by atoms with Gasteiger partial charge < -0.3 is 10.1 Å². The van der Waals surface area contributed by atoms with Crippen LogP contribution < -0.4 is 5.32 Å². The molecule has 0 unspecified atom stereocenters. The van der Waals surface area contributed by atoms with E-state index in [4.69, 9.17) is 4.74 Å². The van der Waals surface area contributed by atoms with Gasteiger partial charge >= 0.3 is 5.97 Å². The van der Waals surface area contributed by atoms with Crippen molar-refractivity contribution in [1.29, 1.82) is 0 Å². The van der Waals surface area contributed by atoms with Gasteiger partial charge in [0.15, 0.2) is 11.5 Å². The lowest BCUT2D eigenvalue weighted by molar-refractivity contribution is -0.149. The van der Waals surface area contributed by atoms with Gasteiger partial charge in [-0.1, -0.05) is 0 Å². The minimum Gasteiger partial charge on any atom is -0.466 e. The van der Waals surface area contributed by atoms with Crippen molar-refractivity contribution >= 4 is 34.0 Å². The van der Waals surface area contributed by atoms with Crippen molar-refractivity contribution in [2.45, 2.75) is 33.2 Å². The Morgan fingerprint density at radius 3 is 2.94 bits per heavy atom. The summed E-state index contributed by atoms with van der Waals surface area (Å²) in [4.78, 5) is 23.5. The number of nitrogens with zero attached hydrogens (tertiary/aromatic N) is 6. The SMILES string of the molecule is CCOC(=O)C1CCN(Cc2cc(Nc3nc(C)cn4c(-c5cn[nH]c5)cnc34)sn2)CC1. The third-order valence-corrected chi connectivity index (χ3v) is 6.54. The number of esters is 1. The van der Waals surface area contributed by atoms with E-state index >= 15 is 0 Å². The number of aryl methyl sites for hydroxylation is 1. The van der Waals surface area contributed by atoms with Crippen molar-refractivity contribution in [1.82, 2.24) is 33.8 Å². The first-order valence-corrected chi connectivity index (χ1v) is 11.8. The minimum absolute atomic E-state index is 0.0187. The maximum atomic E-state index is 11.9. The Bertz CT molecular complexity index is 1240. The van der Waals surface area contributed by atoms with E-state index in [2.05, 4.69) is 40.8 Å². The first kappa shape index (κ1) is 21.5. The van der Waals surface area contributed by atoms with Crippen LogP contribution in [0.3, 0.4) is 0 Å². The van der Waals surface area contributed by atoms with Crippen molar-refractivity contribution in [3.8, 4) is 11.3 Å². The van der Waals surface area contributed by atoms with E-state index in [1.54, 1.807) is 6.20 Å². The molecule has 0 aliphatic carbocycles. The van der Waals surface area contributed by atoms with Gasteiger partial charge in [0.25, 0.3) is 0 Å². The lowest BCUT2D eigenvalue weighted by atomic mass is 9.97. The predicted molar refractivity (Wildman–Crippen MR) is 125 cm³/mol. The molecule has 2 N–H and O–H groups in total. The van der Waals surface area contributed by atoms with Gasteiger partial charge in [-0.2, -0.15) is 9.47 Å². The summed E-state index contributed by atoms with van der Waals surface area (Å²) in [6, 6.07) is 2.06. The molecule has 1 aliphatic rings. The molecule has 10 nitrogen and oxygen atoms in total. The maximum absolute atomic E-state index is 11.9. The zero-order valence-electron chi connectivity index (χ0n) is 18.6. The van der Waals surface area contributed by atoms with Crippen molar-refractivity contribution in [3.63, 3.8) is 0 Å². The number of nitrogens with one attached hydrogen (secondary N) is 2. The minimum atomic E-state index is -0.0656. The highest BCUT2D eigenvalue weighted by molar-refractivity contribution is 7.10. The number of H-pyrrole nitrogens is 1. The fourth-order valence-corrected chi connectivity index (χ4v) is 4.83. The van der Waals surface area contributed by atoms with E-state index in [0.29, 0.717) is 12.4 Å². The van der Waals surface area contributed by atoms with Gasteiger partial charge in [0.2, 0.25) is 0 Å². The van der Waals surface area contributed by atoms with Crippen LogP contribution in [0.4, 0.5) is 10.8 Å². The van der Waals surface area contributed by atoms with Gasteiger partial charge in [-0.05, 0) is 57.4 Å². The molecule has 0 aromatic carbocycles. The molecule has 0 bridgehead atoms. The van der Waals surface area contributed by atoms with Crippen LogP contribution in [0, 0.1) is 12.8 Å². The Morgan fingerprint density at radius 2 is 2.18 bits per heavy atom. The molecule has 0 atom stereocenters. The smallest absolute Gasteiger partial charge is 0.309 e. The second-order valence-electron chi connectivity index (χ2n) is 8.16. The molecule has 0 amide bonds. The fraction of sp³-hybridized carbons (Fsp3) is 0.409. The molecule has 1 fully saturated rings.